The van der Waals surface area contributed by atoms with Crippen LogP contribution in [0.15, 0.2) is 78.5 Å². The van der Waals surface area contributed by atoms with Crippen molar-refractivity contribution in [2.45, 2.75) is 6.61 Å². The van der Waals surface area contributed by atoms with Crippen molar-refractivity contribution >= 4 is 41.0 Å². The Morgan fingerprint density at radius 1 is 1.03 bits per heavy atom. The Balaban J connectivity index is 1.42. The number of non-ortho nitro benzene ring substituents is 1. The van der Waals surface area contributed by atoms with Gasteiger partial charge in [-0.25, -0.2) is 9.69 Å². The number of halogens is 1. The zero-order chi connectivity index (χ0) is 22.7. The Morgan fingerprint density at radius 3 is 2.41 bits per heavy atom. The second-order valence-corrected chi connectivity index (χ2v) is 7.33. The maximum Gasteiger partial charge on any atom is 0.333 e. The normalized spacial score (nSPS) is 14.5. The molecule has 0 atom stereocenters. The van der Waals surface area contributed by atoms with Gasteiger partial charge < -0.3 is 10.1 Å². The molecule has 160 valence electrons. The Morgan fingerprint density at radius 2 is 1.75 bits per heavy atom. The minimum atomic E-state index is -0.549. The standard InChI is InChI=1S/C23H16ClN3O5/c24-17-2-1-3-19(13-17)26-22(28)21(25-23(26)29)12-15-6-10-20(11-7-15)32-14-16-4-8-18(9-5-16)27(30)31/h1-13H,14H2,(H,25,29). The van der Waals surface area contributed by atoms with Crippen LogP contribution in [-0.4, -0.2) is 16.9 Å². The van der Waals surface area contributed by atoms with Crippen LogP contribution in [0.2, 0.25) is 5.02 Å². The lowest BCUT2D eigenvalue weighted by Gasteiger charge is -2.11. The number of rotatable bonds is 6. The molecule has 1 aliphatic rings. The summed E-state index contributed by atoms with van der Waals surface area (Å²) in [7, 11) is 0. The van der Waals surface area contributed by atoms with E-state index in [-0.39, 0.29) is 18.0 Å². The van der Waals surface area contributed by atoms with Crippen LogP contribution in [0.25, 0.3) is 6.08 Å². The van der Waals surface area contributed by atoms with E-state index in [9.17, 15) is 19.7 Å². The van der Waals surface area contributed by atoms with Crippen LogP contribution in [0.5, 0.6) is 5.75 Å². The summed E-state index contributed by atoms with van der Waals surface area (Å²) >= 11 is 5.96. The number of carbonyl (C=O) groups excluding carboxylic acids is 2. The molecule has 1 saturated heterocycles. The maximum atomic E-state index is 12.7. The van der Waals surface area contributed by atoms with Crippen LogP contribution < -0.4 is 15.0 Å². The number of benzene rings is 3. The zero-order valence-electron chi connectivity index (χ0n) is 16.5. The smallest absolute Gasteiger partial charge is 0.333 e. The molecular weight excluding hydrogens is 434 g/mol. The van der Waals surface area contributed by atoms with Crippen molar-refractivity contribution in [2.75, 3.05) is 4.90 Å². The molecular formula is C23H16ClN3O5. The van der Waals surface area contributed by atoms with Crippen molar-refractivity contribution in [2.24, 2.45) is 0 Å². The van der Waals surface area contributed by atoms with Crippen LogP contribution >= 0.6 is 11.6 Å². The molecule has 0 bridgehead atoms. The van der Waals surface area contributed by atoms with E-state index < -0.39 is 16.9 Å². The van der Waals surface area contributed by atoms with Gasteiger partial charge in [-0.05, 0) is 59.7 Å². The SMILES string of the molecule is O=C1NC(=Cc2ccc(OCc3ccc([N+](=O)[O-])cc3)cc2)C(=O)N1c1cccc(Cl)c1. The van der Waals surface area contributed by atoms with Gasteiger partial charge in [0, 0.05) is 17.2 Å². The largest absolute Gasteiger partial charge is 0.489 e. The molecule has 3 amide bonds. The van der Waals surface area contributed by atoms with E-state index in [0.717, 1.165) is 10.5 Å². The molecule has 0 saturated carbocycles. The van der Waals surface area contributed by atoms with Gasteiger partial charge in [0.2, 0.25) is 0 Å². The second-order valence-electron chi connectivity index (χ2n) is 6.89. The Labute approximate surface area is 187 Å². The highest BCUT2D eigenvalue weighted by Gasteiger charge is 2.34. The van der Waals surface area contributed by atoms with Crippen molar-refractivity contribution in [1.82, 2.24) is 5.32 Å². The summed E-state index contributed by atoms with van der Waals surface area (Å²) in [5.41, 5.74) is 2.05. The van der Waals surface area contributed by atoms with Crippen LogP contribution in [0.1, 0.15) is 11.1 Å². The minimum absolute atomic E-state index is 0.0219. The molecule has 3 aromatic rings. The third kappa shape index (κ3) is 4.60. The number of anilines is 1. The summed E-state index contributed by atoms with van der Waals surface area (Å²) in [5, 5.41) is 13.7. The van der Waals surface area contributed by atoms with Gasteiger partial charge >= 0.3 is 6.03 Å². The number of urea groups is 1. The molecule has 8 nitrogen and oxygen atoms in total. The van der Waals surface area contributed by atoms with Crippen molar-refractivity contribution in [3.05, 3.63) is 105 Å². The minimum Gasteiger partial charge on any atom is -0.489 e. The third-order valence-electron chi connectivity index (χ3n) is 4.69. The number of imide groups is 1. The van der Waals surface area contributed by atoms with E-state index in [1.165, 1.54) is 12.1 Å². The van der Waals surface area contributed by atoms with E-state index in [4.69, 9.17) is 16.3 Å². The number of nitrogens with one attached hydrogen (secondary N) is 1. The fourth-order valence-electron chi connectivity index (χ4n) is 3.09. The van der Waals surface area contributed by atoms with Crippen molar-refractivity contribution < 1.29 is 19.2 Å². The predicted octanol–water partition coefficient (Wildman–Crippen LogP) is 4.92. The Hall–Kier alpha value is -4.17. The first kappa shape index (κ1) is 21.1. The number of nitro groups is 1. The molecule has 32 heavy (non-hydrogen) atoms. The molecule has 4 rings (SSSR count). The van der Waals surface area contributed by atoms with Gasteiger partial charge in [0.1, 0.15) is 18.1 Å². The number of nitro benzene ring substituents is 1. The molecule has 9 heteroatoms. The van der Waals surface area contributed by atoms with Crippen molar-refractivity contribution in [1.29, 1.82) is 0 Å². The number of ether oxygens (including phenoxy) is 1. The second kappa shape index (κ2) is 8.91. The number of amides is 3. The van der Waals surface area contributed by atoms with E-state index >= 15 is 0 Å². The first-order valence-electron chi connectivity index (χ1n) is 9.49. The lowest BCUT2D eigenvalue weighted by atomic mass is 10.1. The van der Waals surface area contributed by atoms with Gasteiger partial charge in [-0.1, -0.05) is 29.8 Å². The van der Waals surface area contributed by atoms with Crippen LogP contribution in [-0.2, 0) is 11.4 Å². The van der Waals surface area contributed by atoms with Gasteiger partial charge in [0.25, 0.3) is 11.6 Å². The summed E-state index contributed by atoms with van der Waals surface area (Å²) in [6.07, 6.45) is 1.57. The molecule has 1 N–H and O–H groups in total. The highest BCUT2D eigenvalue weighted by molar-refractivity contribution is 6.32. The molecule has 0 radical (unpaired) electrons. The van der Waals surface area contributed by atoms with Crippen molar-refractivity contribution in [3.8, 4) is 5.75 Å². The molecule has 0 unspecified atom stereocenters. The summed E-state index contributed by atoms with van der Waals surface area (Å²) in [4.78, 5) is 36.3. The van der Waals surface area contributed by atoms with E-state index in [0.29, 0.717) is 22.0 Å². The highest BCUT2D eigenvalue weighted by atomic mass is 35.5. The molecule has 0 aromatic heterocycles. The number of hydrogen-bond acceptors (Lipinski definition) is 5. The number of carbonyl (C=O) groups is 2. The fraction of sp³-hybridized carbons (Fsp3) is 0.0435. The number of nitrogens with zero attached hydrogens (tertiary/aromatic N) is 2. The maximum absolute atomic E-state index is 12.7. The summed E-state index contributed by atoms with van der Waals surface area (Å²) < 4.78 is 5.69. The molecule has 0 aliphatic carbocycles. The van der Waals surface area contributed by atoms with Crippen LogP contribution in [0, 0.1) is 10.1 Å². The van der Waals surface area contributed by atoms with E-state index in [2.05, 4.69) is 5.32 Å². The van der Waals surface area contributed by atoms with Gasteiger partial charge in [-0.15, -0.1) is 0 Å². The molecule has 1 fully saturated rings. The molecule has 1 heterocycles. The fourth-order valence-corrected chi connectivity index (χ4v) is 3.28. The Kier molecular flexibility index (Phi) is 5.87. The van der Waals surface area contributed by atoms with Gasteiger partial charge in [-0.2, -0.15) is 0 Å². The topological polar surface area (TPSA) is 102 Å². The average molecular weight is 450 g/mol. The Bertz CT molecular complexity index is 1220. The number of hydrogen-bond donors (Lipinski definition) is 1. The quantitative estimate of drug-likeness (QED) is 0.249. The van der Waals surface area contributed by atoms with Crippen LogP contribution in [0.3, 0.4) is 0 Å². The third-order valence-corrected chi connectivity index (χ3v) is 4.92. The van der Waals surface area contributed by atoms with Crippen LogP contribution in [0.4, 0.5) is 16.2 Å². The molecule has 0 spiro atoms. The van der Waals surface area contributed by atoms with E-state index in [1.807, 2.05) is 0 Å². The van der Waals surface area contributed by atoms with Gasteiger partial charge in [-0.3, -0.25) is 14.9 Å². The predicted molar refractivity (Wildman–Crippen MR) is 119 cm³/mol. The summed E-state index contributed by atoms with van der Waals surface area (Å²) in [6, 6.07) is 19.0. The monoisotopic (exact) mass is 449 g/mol. The molecule has 3 aromatic carbocycles. The lowest BCUT2D eigenvalue weighted by Crippen LogP contribution is -2.30. The first-order chi connectivity index (χ1) is 15.4. The summed E-state index contributed by atoms with van der Waals surface area (Å²) in [5.74, 6) is 0.114. The van der Waals surface area contributed by atoms with E-state index in [1.54, 1.807) is 66.7 Å². The van der Waals surface area contributed by atoms with Gasteiger partial charge in [0.05, 0.1) is 10.6 Å². The van der Waals surface area contributed by atoms with Crippen molar-refractivity contribution in [3.63, 3.8) is 0 Å². The zero-order valence-corrected chi connectivity index (χ0v) is 17.3. The average Bonchev–Trinajstić information content (AvgIpc) is 3.06. The highest BCUT2D eigenvalue weighted by Crippen LogP contribution is 2.25. The lowest BCUT2D eigenvalue weighted by molar-refractivity contribution is -0.384. The molecule has 1 aliphatic heterocycles. The summed E-state index contributed by atoms with van der Waals surface area (Å²) in [6.45, 7) is 0.252. The van der Waals surface area contributed by atoms with Gasteiger partial charge in [0.15, 0.2) is 0 Å². The first-order valence-corrected chi connectivity index (χ1v) is 9.87.